The molecule has 0 saturated carbocycles. The van der Waals surface area contributed by atoms with E-state index < -0.39 is 60.4 Å². The summed E-state index contributed by atoms with van der Waals surface area (Å²) in [6.45, 7) is 0. The Balaban J connectivity index is 1.29. The molecule has 1 heteroatoms. The average Bonchev–Trinajstić information content (AvgIpc) is 3.64. The van der Waals surface area contributed by atoms with Gasteiger partial charge in [-0.1, -0.05) is 145 Å². The molecule has 0 aliphatic heterocycles. The van der Waals surface area contributed by atoms with Crippen molar-refractivity contribution >= 4 is 54.3 Å². The monoisotopic (exact) mass is 632 g/mol. The molecule has 9 aromatic carbocycles. The summed E-state index contributed by atoms with van der Waals surface area (Å²) in [6.07, 6.45) is 0. The molecule has 0 amide bonds. The lowest BCUT2D eigenvalue weighted by Gasteiger charge is -2.19. The molecule has 0 radical (unpaired) electrons. The fourth-order valence-electron chi connectivity index (χ4n) is 7.26. The summed E-state index contributed by atoms with van der Waals surface area (Å²) >= 11 is 0. The first-order valence-corrected chi connectivity index (χ1v) is 16.0. The lowest BCUT2D eigenvalue weighted by molar-refractivity contribution is 0.673. The molecule has 0 N–H and O–H groups in total. The highest BCUT2D eigenvalue weighted by molar-refractivity contribution is 6.22. The van der Waals surface area contributed by atoms with Crippen LogP contribution in [-0.4, -0.2) is 0 Å². The molecule has 0 spiro atoms. The first-order chi connectivity index (χ1) is 28.4. The second-order valence-corrected chi connectivity index (χ2v) is 12.1. The third-order valence-corrected chi connectivity index (χ3v) is 9.38. The quantitative estimate of drug-likeness (QED) is 0.176. The van der Waals surface area contributed by atoms with E-state index in [1.54, 1.807) is 12.1 Å². The van der Waals surface area contributed by atoms with Gasteiger partial charge < -0.3 is 4.42 Å². The van der Waals surface area contributed by atoms with Crippen molar-refractivity contribution in [1.82, 2.24) is 0 Å². The minimum absolute atomic E-state index is 0.0661. The van der Waals surface area contributed by atoms with E-state index in [0.29, 0.717) is 5.56 Å². The largest absolute Gasteiger partial charge is 0.455 e. The van der Waals surface area contributed by atoms with Gasteiger partial charge in [-0.25, -0.2) is 0 Å². The predicted octanol–water partition coefficient (Wildman–Crippen LogP) is 13.7. The molecular formula is C48H30O. The maximum Gasteiger partial charge on any atom is 0.143 e. The highest BCUT2D eigenvalue weighted by Gasteiger charge is 2.19. The molecule has 1 heterocycles. The van der Waals surface area contributed by atoms with E-state index in [0.717, 1.165) is 70.9 Å². The van der Waals surface area contributed by atoms with Gasteiger partial charge >= 0.3 is 0 Å². The second kappa shape index (κ2) is 11.1. The minimum atomic E-state index is -0.535. The Morgan fingerprint density at radius 2 is 0.837 bits per heavy atom. The zero-order valence-electron chi connectivity index (χ0n) is 36.0. The van der Waals surface area contributed by atoms with Crippen LogP contribution >= 0.6 is 0 Å². The summed E-state index contributed by atoms with van der Waals surface area (Å²) < 4.78 is 92.5. The predicted molar refractivity (Wildman–Crippen MR) is 208 cm³/mol. The van der Waals surface area contributed by atoms with E-state index in [1.807, 2.05) is 60.7 Å². The van der Waals surface area contributed by atoms with Gasteiger partial charge in [0.25, 0.3) is 0 Å². The van der Waals surface area contributed by atoms with Gasteiger partial charge in [0.05, 0.1) is 13.7 Å². The summed E-state index contributed by atoms with van der Waals surface area (Å²) in [7, 11) is 0. The van der Waals surface area contributed by atoms with Crippen LogP contribution in [0.4, 0.5) is 0 Å². The van der Waals surface area contributed by atoms with Gasteiger partial charge in [0.15, 0.2) is 0 Å². The fraction of sp³-hybridized carbons (Fsp3) is 0. The van der Waals surface area contributed by atoms with Crippen LogP contribution in [0, 0.1) is 0 Å². The molecule has 0 aliphatic carbocycles. The van der Waals surface area contributed by atoms with Gasteiger partial charge in [-0.2, -0.15) is 0 Å². The molecule has 0 unspecified atom stereocenters. The smallest absolute Gasteiger partial charge is 0.143 e. The van der Waals surface area contributed by atoms with Gasteiger partial charge in [0.2, 0.25) is 0 Å². The molecule has 228 valence electrons. The number of furan rings is 1. The third-order valence-electron chi connectivity index (χ3n) is 9.38. The van der Waals surface area contributed by atoms with Crippen molar-refractivity contribution in [1.29, 1.82) is 0 Å². The first-order valence-electron chi connectivity index (χ1n) is 21.0. The molecule has 49 heavy (non-hydrogen) atoms. The molecule has 10 rings (SSSR count). The van der Waals surface area contributed by atoms with Crippen LogP contribution in [-0.2, 0) is 0 Å². The van der Waals surface area contributed by atoms with E-state index >= 15 is 0 Å². The maximum atomic E-state index is 8.88. The first kappa shape index (κ1) is 19.4. The van der Waals surface area contributed by atoms with Crippen molar-refractivity contribution in [2.24, 2.45) is 0 Å². The Labute approximate surface area is 298 Å². The van der Waals surface area contributed by atoms with E-state index in [2.05, 4.69) is 42.5 Å². The van der Waals surface area contributed by atoms with Crippen LogP contribution in [0.25, 0.3) is 98.8 Å². The van der Waals surface area contributed by atoms with Crippen LogP contribution in [0.3, 0.4) is 0 Å². The maximum absolute atomic E-state index is 8.88. The van der Waals surface area contributed by atoms with E-state index in [-0.39, 0.29) is 22.3 Å². The van der Waals surface area contributed by atoms with Crippen LogP contribution in [0.2, 0.25) is 0 Å². The Morgan fingerprint density at radius 1 is 0.347 bits per heavy atom. The summed E-state index contributed by atoms with van der Waals surface area (Å²) in [5, 5.41) is 7.70. The number of hydrogen-bond acceptors (Lipinski definition) is 1. The van der Waals surface area contributed by atoms with Crippen molar-refractivity contribution in [3.63, 3.8) is 0 Å². The molecule has 1 nitrogen and oxygen atoms in total. The molecule has 0 atom stereocenters. The highest BCUT2D eigenvalue weighted by Crippen LogP contribution is 2.46. The van der Waals surface area contributed by atoms with Crippen LogP contribution in [0.5, 0.6) is 0 Å². The third kappa shape index (κ3) is 4.47. The normalized spacial score (nSPS) is 14.5. The Bertz CT molecular complexity index is 3260. The van der Waals surface area contributed by atoms with Crippen LogP contribution in [0.1, 0.15) is 13.7 Å². The van der Waals surface area contributed by atoms with E-state index in [1.165, 1.54) is 6.07 Å². The molecule has 0 saturated heterocycles. The summed E-state index contributed by atoms with van der Waals surface area (Å²) in [4.78, 5) is 0. The van der Waals surface area contributed by atoms with Gasteiger partial charge in [-0.15, -0.1) is 0 Å². The molecule has 10 aromatic rings. The summed E-state index contributed by atoms with van der Waals surface area (Å²) in [6, 6.07) is 34.8. The standard InChI is InChI=1S/C48H30O/c1-3-13-31(14-4-1)35-27-36(32-15-5-2-6-16-32)29-37(28-35)47-42-21-11-9-19-40(42)46(41-20-10-12-22-43(41)47)34-24-25-39-44-26-23-33-17-7-8-18-38(33)48(44)49-45(39)30-34/h1-30H/i1D,2D,3D,4D,5D,6D,13D,14D,15D,16D. The number of rotatable bonds is 4. The fourth-order valence-corrected chi connectivity index (χ4v) is 7.26. The average molecular weight is 633 g/mol. The number of fused-ring (bicyclic) bond motifs is 7. The van der Waals surface area contributed by atoms with E-state index in [4.69, 9.17) is 18.1 Å². The zero-order valence-corrected chi connectivity index (χ0v) is 26.0. The van der Waals surface area contributed by atoms with Gasteiger partial charge in [-0.05, 0) is 108 Å². The molecule has 0 aliphatic rings. The Kier molecular flexibility index (Phi) is 4.39. The van der Waals surface area contributed by atoms with Crippen molar-refractivity contribution < 1.29 is 18.1 Å². The van der Waals surface area contributed by atoms with Crippen molar-refractivity contribution in [2.45, 2.75) is 0 Å². The van der Waals surface area contributed by atoms with Gasteiger partial charge in [0.1, 0.15) is 11.2 Å². The minimum Gasteiger partial charge on any atom is -0.455 e. The van der Waals surface area contributed by atoms with Crippen molar-refractivity contribution in [2.75, 3.05) is 0 Å². The van der Waals surface area contributed by atoms with Gasteiger partial charge in [0, 0.05) is 16.2 Å². The summed E-state index contributed by atoms with van der Waals surface area (Å²) in [5.74, 6) is 0. The number of benzene rings is 9. The second-order valence-electron chi connectivity index (χ2n) is 12.1. The van der Waals surface area contributed by atoms with Crippen molar-refractivity contribution in [3.8, 4) is 44.5 Å². The molecule has 0 fully saturated rings. The lowest BCUT2D eigenvalue weighted by atomic mass is 9.84. The Morgan fingerprint density at radius 3 is 1.43 bits per heavy atom. The van der Waals surface area contributed by atoms with Gasteiger partial charge in [-0.3, -0.25) is 0 Å². The summed E-state index contributed by atoms with van der Waals surface area (Å²) in [5.41, 5.74) is 5.16. The molecule has 1 aromatic heterocycles. The Hall–Kier alpha value is -6.44. The number of hydrogen-bond donors (Lipinski definition) is 0. The van der Waals surface area contributed by atoms with Crippen LogP contribution < -0.4 is 0 Å². The van der Waals surface area contributed by atoms with Crippen LogP contribution in [0.15, 0.2) is 186 Å². The van der Waals surface area contributed by atoms with Crippen molar-refractivity contribution in [3.05, 3.63) is 182 Å². The molecular weight excluding hydrogens is 593 g/mol. The SMILES string of the molecule is [2H]c1c([2H])c([2H])c(-c2cc(-c3c([2H])c([2H])c([2H])c([2H])c3[2H])cc(-c3c4ccccc4c(-c4ccc5c(c4)oc4c6ccccc6ccc54)c4ccccc34)c2)c([2H])c1[2H]. The zero-order chi connectivity index (χ0) is 41.0. The lowest BCUT2D eigenvalue weighted by Crippen LogP contribution is -1.92. The topological polar surface area (TPSA) is 13.1 Å². The van der Waals surface area contributed by atoms with E-state index in [9.17, 15) is 0 Å². The highest BCUT2D eigenvalue weighted by atomic mass is 16.3. The molecule has 0 bridgehead atoms.